The Morgan fingerprint density at radius 2 is 1.75 bits per heavy atom. The molecule has 0 aromatic heterocycles. The summed E-state index contributed by atoms with van der Waals surface area (Å²) in [6.45, 7) is 2.02. The zero-order chi connectivity index (χ0) is 17.4. The van der Waals surface area contributed by atoms with E-state index in [1.54, 1.807) is 21.3 Å². The second kappa shape index (κ2) is 6.07. The van der Waals surface area contributed by atoms with Gasteiger partial charge in [0.15, 0.2) is 11.5 Å². The van der Waals surface area contributed by atoms with Crippen LogP contribution in [0.25, 0.3) is 11.1 Å². The number of fused-ring (bicyclic) bond motifs is 3. The summed E-state index contributed by atoms with van der Waals surface area (Å²) in [7, 11) is 4.71. The number of hydrogen-bond acceptors (Lipinski definition) is 4. The van der Waals surface area contributed by atoms with Crippen molar-refractivity contribution in [2.45, 2.75) is 19.3 Å². The van der Waals surface area contributed by atoms with Crippen molar-refractivity contribution in [1.82, 2.24) is 0 Å². The van der Waals surface area contributed by atoms with Crippen LogP contribution in [0.3, 0.4) is 0 Å². The summed E-state index contributed by atoms with van der Waals surface area (Å²) >= 11 is 0. The molecule has 0 fully saturated rings. The zero-order valence-corrected chi connectivity index (χ0v) is 14.2. The van der Waals surface area contributed by atoms with Crippen LogP contribution in [0.1, 0.15) is 29.0 Å². The lowest BCUT2D eigenvalue weighted by molar-refractivity contribution is -0.137. The average Bonchev–Trinajstić information content (AvgIpc) is 2.87. The van der Waals surface area contributed by atoms with Gasteiger partial charge in [-0.2, -0.15) is 0 Å². The van der Waals surface area contributed by atoms with Gasteiger partial charge in [-0.3, -0.25) is 4.79 Å². The van der Waals surface area contributed by atoms with Crippen molar-refractivity contribution < 1.29 is 24.1 Å². The lowest BCUT2D eigenvalue weighted by Crippen LogP contribution is -2.06. The minimum absolute atomic E-state index is 0.0160. The molecule has 24 heavy (non-hydrogen) atoms. The van der Waals surface area contributed by atoms with Crippen LogP contribution in [0, 0.1) is 6.92 Å². The van der Waals surface area contributed by atoms with Gasteiger partial charge in [-0.05, 0) is 35.2 Å². The summed E-state index contributed by atoms with van der Waals surface area (Å²) in [5.74, 6) is 0.559. The predicted octanol–water partition coefficient (Wildman–Crippen LogP) is 3.61. The van der Waals surface area contributed by atoms with E-state index in [0.29, 0.717) is 17.2 Å². The zero-order valence-electron chi connectivity index (χ0n) is 14.2. The topological polar surface area (TPSA) is 65.0 Å². The highest BCUT2D eigenvalue weighted by Gasteiger charge is 2.36. The van der Waals surface area contributed by atoms with Crippen molar-refractivity contribution in [2.24, 2.45) is 0 Å². The van der Waals surface area contributed by atoms with E-state index < -0.39 is 5.97 Å². The van der Waals surface area contributed by atoms with Crippen LogP contribution in [-0.4, -0.2) is 32.4 Å². The van der Waals surface area contributed by atoms with Crippen LogP contribution < -0.4 is 14.2 Å². The van der Waals surface area contributed by atoms with Gasteiger partial charge in [0.1, 0.15) is 0 Å². The SMILES string of the molecule is COc1cc2c(c(OC)c1OC)-c1c(C)cccc1C2CC(=O)O. The Bertz CT molecular complexity index is 810. The molecule has 0 spiro atoms. The molecule has 5 nitrogen and oxygen atoms in total. The first-order valence-corrected chi connectivity index (χ1v) is 7.68. The third-order valence-corrected chi connectivity index (χ3v) is 4.55. The van der Waals surface area contributed by atoms with E-state index in [-0.39, 0.29) is 12.3 Å². The Morgan fingerprint density at radius 3 is 2.33 bits per heavy atom. The maximum absolute atomic E-state index is 11.4. The molecular formula is C19H20O5. The fraction of sp³-hybridized carbons (Fsp3) is 0.316. The van der Waals surface area contributed by atoms with E-state index in [4.69, 9.17) is 14.2 Å². The Kier molecular flexibility index (Phi) is 4.09. The van der Waals surface area contributed by atoms with Gasteiger partial charge in [0, 0.05) is 11.5 Å². The van der Waals surface area contributed by atoms with Crippen molar-refractivity contribution in [3.05, 3.63) is 41.0 Å². The van der Waals surface area contributed by atoms with Gasteiger partial charge in [0.05, 0.1) is 27.8 Å². The number of carboxylic acid groups (broad SMARTS) is 1. The van der Waals surface area contributed by atoms with Crippen molar-refractivity contribution in [3.63, 3.8) is 0 Å². The third kappa shape index (κ3) is 2.28. The molecule has 1 aliphatic rings. The molecule has 0 bridgehead atoms. The summed E-state index contributed by atoms with van der Waals surface area (Å²) < 4.78 is 16.6. The molecule has 2 aromatic carbocycles. The monoisotopic (exact) mass is 328 g/mol. The quantitative estimate of drug-likeness (QED) is 0.908. The van der Waals surface area contributed by atoms with E-state index in [0.717, 1.165) is 27.8 Å². The molecule has 1 aliphatic carbocycles. The number of aliphatic carboxylic acids is 1. The molecule has 0 amide bonds. The van der Waals surface area contributed by atoms with E-state index >= 15 is 0 Å². The standard InChI is InChI=1S/C19H20O5/c1-10-6-5-7-11-12(9-15(20)21)13-8-14(22-2)18(23-3)19(24-4)17(13)16(10)11/h5-8,12H,9H2,1-4H3,(H,20,21). The summed E-state index contributed by atoms with van der Waals surface area (Å²) in [6, 6.07) is 7.82. The van der Waals surface area contributed by atoms with Crippen molar-refractivity contribution in [3.8, 4) is 28.4 Å². The molecule has 1 unspecified atom stereocenters. The van der Waals surface area contributed by atoms with E-state index in [1.165, 1.54) is 0 Å². The normalized spacial score (nSPS) is 14.8. The van der Waals surface area contributed by atoms with Crippen molar-refractivity contribution in [2.75, 3.05) is 21.3 Å². The van der Waals surface area contributed by atoms with Crippen LogP contribution in [0.15, 0.2) is 24.3 Å². The van der Waals surface area contributed by atoms with Gasteiger partial charge in [-0.15, -0.1) is 0 Å². The summed E-state index contributed by atoms with van der Waals surface area (Å²) in [5.41, 5.74) is 4.90. The molecular weight excluding hydrogens is 308 g/mol. The van der Waals surface area contributed by atoms with Crippen LogP contribution in [0.4, 0.5) is 0 Å². The number of rotatable bonds is 5. The number of carboxylic acids is 1. The smallest absolute Gasteiger partial charge is 0.304 e. The summed E-state index contributed by atoms with van der Waals surface area (Å²) in [5, 5.41) is 9.36. The highest BCUT2D eigenvalue weighted by atomic mass is 16.5. The van der Waals surface area contributed by atoms with Crippen molar-refractivity contribution >= 4 is 5.97 Å². The Labute approximate surface area is 140 Å². The second-order valence-corrected chi connectivity index (χ2v) is 5.80. The fourth-order valence-corrected chi connectivity index (χ4v) is 3.59. The van der Waals surface area contributed by atoms with Gasteiger partial charge in [0.25, 0.3) is 0 Å². The largest absolute Gasteiger partial charge is 0.493 e. The first-order chi connectivity index (χ1) is 11.5. The maximum atomic E-state index is 11.4. The van der Waals surface area contributed by atoms with Gasteiger partial charge < -0.3 is 19.3 Å². The Morgan fingerprint density at radius 1 is 1.04 bits per heavy atom. The molecule has 0 aliphatic heterocycles. The molecule has 1 atom stereocenters. The van der Waals surface area contributed by atoms with Crippen LogP contribution in [0.2, 0.25) is 0 Å². The molecule has 0 radical (unpaired) electrons. The van der Waals surface area contributed by atoms with Crippen LogP contribution in [0.5, 0.6) is 17.2 Å². The first kappa shape index (κ1) is 16.2. The summed E-state index contributed by atoms with van der Waals surface area (Å²) in [6.07, 6.45) is 0.0160. The minimum Gasteiger partial charge on any atom is -0.493 e. The highest BCUT2D eigenvalue weighted by Crippen LogP contribution is 2.56. The molecule has 2 aromatic rings. The van der Waals surface area contributed by atoms with Crippen LogP contribution >= 0.6 is 0 Å². The van der Waals surface area contributed by atoms with E-state index in [2.05, 4.69) is 0 Å². The summed E-state index contributed by atoms with van der Waals surface area (Å²) in [4.78, 5) is 11.4. The number of methoxy groups -OCH3 is 3. The second-order valence-electron chi connectivity index (χ2n) is 5.80. The molecule has 0 heterocycles. The number of aryl methyl sites for hydroxylation is 1. The molecule has 5 heteroatoms. The molecule has 1 N–H and O–H groups in total. The van der Waals surface area contributed by atoms with Gasteiger partial charge in [-0.1, -0.05) is 18.2 Å². The van der Waals surface area contributed by atoms with E-state index in [1.807, 2.05) is 31.2 Å². The number of benzene rings is 2. The molecule has 0 saturated carbocycles. The lowest BCUT2D eigenvalue weighted by atomic mass is 9.93. The fourth-order valence-electron chi connectivity index (χ4n) is 3.59. The number of carbonyl (C=O) groups is 1. The average molecular weight is 328 g/mol. The predicted molar refractivity (Wildman–Crippen MR) is 90.4 cm³/mol. The van der Waals surface area contributed by atoms with E-state index in [9.17, 15) is 9.90 Å². The van der Waals surface area contributed by atoms with Gasteiger partial charge >= 0.3 is 5.97 Å². The van der Waals surface area contributed by atoms with Gasteiger partial charge in [-0.25, -0.2) is 0 Å². The number of ether oxygens (including phenoxy) is 3. The molecule has 0 saturated heterocycles. The van der Waals surface area contributed by atoms with Gasteiger partial charge in [0.2, 0.25) is 5.75 Å². The molecule has 126 valence electrons. The highest BCUT2D eigenvalue weighted by molar-refractivity contribution is 5.90. The minimum atomic E-state index is -0.839. The maximum Gasteiger partial charge on any atom is 0.304 e. The Balaban J connectivity index is 2.38. The van der Waals surface area contributed by atoms with Crippen molar-refractivity contribution in [1.29, 1.82) is 0 Å². The lowest BCUT2D eigenvalue weighted by Gasteiger charge is -2.18. The Hall–Kier alpha value is -2.69. The first-order valence-electron chi connectivity index (χ1n) is 7.68. The molecule has 3 rings (SSSR count). The third-order valence-electron chi connectivity index (χ3n) is 4.55. The van der Waals surface area contributed by atoms with Crippen LogP contribution in [-0.2, 0) is 4.79 Å². The number of hydrogen-bond donors (Lipinski definition) is 1.